The maximum atomic E-state index is 12.9. The molecule has 0 radical (unpaired) electrons. The molecule has 2 aromatic rings. The number of hydrogen-bond acceptors (Lipinski definition) is 4. The van der Waals surface area contributed by atoms with E-state index in [4.69, 9.17) is 11.6 Å². The molecule has 0 saturated carbocycles. The highest BCUT2D eigenvalue weighted by Crippen LogP contribution is 2.29. The van der Waals surface area contributed by atoms with Gasteiger partial charge in [0.05, 0.1) is 11.9 Å². The summed E-state index contributed by atoms with van der Waals surface area (Å²) in [6.07, 6.45) is 1.44. The fourth-order valence-corrected chi connectivity index (χ4v) is 4.56. The molecule has 0 aliphatic carbocycles. The monoisotopic (exact) mass is 437 g/mol. The molecule has 0 fully saturated rings. The number of hydrogen-bond donors (Lipinski definition) is 1. The molecule has 0 saturated heterocycles. The number of amides is 1. The van der Waals surface area contributed by atoms with E-state index in [1.807, 2.05) is 42.3 Å². The van der Waals surface area contributed by atoms with Crippen LogP contribution in [0.1, 0.15) is 18.9 Å². The normalized spacial score (nSPS) is 12.3. The Balaban J connectivity index is 2.15. The molecule has 0 spiro atoms. The number of para-hydroxylation sites is 1. The molecule has 0 aliphatic rings. The van der Waals surface area contributed by atoms with Gasteiger partial charge in [-0.15, -0.1) is 0 Å². The molecular formula is C21H28ClN3O3S. The predicted molar refractivity (Wildman–Crippen MR) is 120 cm³/mol. The van der Waals surface area contributed by atoms with Crippen LogP contribution in [-0.2, 0) is 14.8 Å². The molecule has 1 amide bonds. The van der Waals surface area contributed by atoms with Crippen LogP contribution in [0.15, 0.2) is 48.5 Å². The van der Waals surface area contributed by atoms with Crippen LogP contribution in [0, 0.1) is 6.92 Å². The van der Waals surface area contributed by atoms with Crippen LogP contribution in [0.25, 0.3) is 0 Å². The minimum Gasteiger partial charge on any atom is -0.373 e. The van der Waals surface area contributed by atoms with Gasteiger partial charge in [0.25, 0.3) is 0 Å². The smallest absolute Gasteiger partial charge is 0.243 e. The number of anilines is 2. The van der Waals surface area contributed by atoms with E-state index in [9.17, 15) is 13.2 Å². The van der Waals surface area contributed by atoms with Gasteiger partial charge in [-0.25, -0.2) is 8.42 Å². The molecule has 0 bridgehead atoms. The largest absolute Gasteiger partial charge is 0.373 e. The van der Waals surface area contributed by atoms with Crippen molar-refractivity contribution >= 4 is 38.9 Å². The van der Waals surface area contributed by atoms with Crippen molar-refractivity contribution in [3.05, 3.63) is 59.1 Å². The summed E-state index contributed by atoms with van der Waals surface area (Å²) >= 11 is 6.09. The summed E-state index contributed by atoms with van der Waals surface area (Å²) in [5.74, 6) is -0.334. The SMILES string of the molecule is CC[C@@H](C(=O)NCCN(C)c1ccccc1)N(c1cc(Cl)ccc1C)S(C)(=O)=O. The van der Waals surface area contributed by atoms with Gasteiger partial charge >= 0.3 is 0 Å². The van der Waals surface area contributed by atoms with Crippen molar-refractivity contribution in [3.8, 4) is 0 Å². The standard InChI is InChI=1S/C21H28ClN3O3S/c1-5-19(21(26)23-13-14-24(3)18-9-7-6-8-10-18)25(29(4,27)28)20-15-17(22)12-11-16(20)2/h6-12,15,19H,5,13-14H2,1-4H3,(H,23,26)/t19-/m0/s1. The zero-order valence-electron chi connectivity index (χ0n) is 17.2. The summed E-state index contributed by atoms with van der Waals surface area (Å²) in [4.78, 5) is 14.9. The predicted octanol–water partition coefficient (Wildman–Crippen LogP) is 3.45. The van der Waals surface area contributed by atoms with E-state index < -0.39 is 16.1 Å². The first-order valence-electron chi connectivity index (χ1n) is 9.44. The number of carbonyl (C=O) groups is 1. The molecule has 6 nitrogen and oxygen atoms in total. The summed E-state index contributed by atoms with van der Waals surface area (Å²) in [7, 11) is -1.75. The maximum absolute atomic E-state index is 12.9. The number of benzene rings is 2. The Morgan fingerprint density at radius 3 is 2.41 bits per heavy atom. The molecule has 2 aromatic carbocycles. The Kier molecular flexibility index (Phi) is 7.93. The first-order valence-corrected chi connectivity index (χ1v) is 11.7. The minimum atomic E-state index is -3.69. The van der Waals surface area contributed by atoms with Crippen molar-refractivity contribution < 1.29 is 13.2 Å². The number of nitrogens with one attached hydrogen (secondary N) is 1. The third-order valence-corrected chi connectivity index (χ3v) is 6.08. The first kappa shape index (κ1) is 23.0. The molecule has 0 aliphatic heterocycles. The second-order valence-electron chi connectivity index (χ2n) is 6.96. The van der Waals surface area contributed by atoms with Crippen molar-refractivity contribution in [1.82, 2.24) is 5.32 Å². The number of likely N-dealkylation sites (N-methyl/N-ethyl adjacent to an activating group) is 1. The third-order valence-electron chi connectivity index (χ3n) is 4.68. The second-order valence-corrected chi connectivity index (χ2v) is 9.26. The van der Waals surface area contributed by atoms with Crippen molar-refractivity contribution in [2.75, 3.05) is 35.6 Å². The van der Waals surface area contributed by atoms with Crippen molar-refractivity contribution in [2.45, 2.75) is 26.3 Å². The van der Waals surface area contributed by atoms with E-state index in [-0.39, 0.29) is 5.91 Å². The van der Waals surface area contributed by atoms with Gasteiger partial charge in [-0.1, -0.05) is 42.8 Å². The van der Waals surface area contributed by atoms with Crippen LogP contribution < -0.4 is 14.5 Å². The Bertz CT molecular complexity index is 935. The molecule has 0 heterocycles. The first-order chi connectivity index (χ1) is 13.6. The maximum Gasteiger partial charge on any atom is 0.243 e. The molecular weight excluding hydrogens is 410 g/mol. The summed E-state index contributed by atoms with van der Waals surface area (Å²) in [5, 5.41) is 3.29. The van der Waals surface area contributed by atoms with E-state index in [0.717, 1.165) is 17.5 Å². The van der Waals surface area contributed by atoms with Gasteiger partial charge in [-0.05, 0) is 43.2 Å². The van der Waals surface area contributed by atoms with Crippen LogP contribution in [0.4, 0.5) is 11.4 Å². The third kappa shape index (κ3) is 6.11. The molecule has 1 N–H and O–H groups in total. The van der Waals surface area contributed by atoms with Gasteiger partial charge < -0.3 is 10.2 Å². The highest BCUT2D eigenvalue weighted by atomic mass is 35.5. The molecule has 0 aromatic heterocycles. The molecule has 158 valence electrons. The molecule has 1 atom stereocenters. The molecule has 0 unspecified atom stereocenters. The zero-order chi connectivity index (χ0) is 21.6. The lowest BCUT2D eigenvalue weighted by molar-refractivity contribution is -0.122. The van der Waals surface area contributed by atoms with Crippen LogP contribution in [0.2, 0.25) is 5.02 Å². The average Bonchev–Trinajstić information content (AvgIpc) is 2.67. The van der Waals surface area contributed by atoms with E-state index in [1.54, 1.807) is 32.0 Å². The number of aryl methyl sites for hydroxylation is 1. The van der Waals surface area contributed by atoms with Gasteiger partial charge in [0.2, 0.25) is 15.9 Å². The van der Waals surface area contributed by atoms with Crippen molar-refractivity contribution in [3.63, 3.8) is 0 Å². The van der Waals surface area contributed by atoms with E-state index in [0.29, 0.717) is 30.2 Å². The van der Waals surface area contributed by atoms with E-state index in [2.05, 4.69) is 5.32 Å². The average molecular weight is 438 g/mol. The number of nitrogens with zero attached hydrogens (tertiary/aromatic N) is 2. The molecule has 8 heteroatoms. The summed E-state index contributed by atoms with van der Waals surface area (Å²) in [6, 6.07) is 14.0. The highest BCUT2D eigenvalue weighted by Gasteiger charge is 2.32. The van der Waals surface area contributed by atoms with Gasteiger partial charge in [0.15, 0.2) is 0 Å². The van der Waals surface area contributed by atoms with Crippen molar-refractivity contribution in [1.29, 1.82) is 0 Å². The van der Waals surface area contributed by atoms with Crippen LogP contribution in [-0.4, -0.2) is 46.8 Å². The Morgan fingerprint density at radius 2 is 1.83 bits per heavy atom. The van der Waals surface area contributed by atoms with Crippen molar-refractivity contribution in [2.24, 2.45) is 0 Å². The van der Waals surface area contributed by atoms with Crippen LogP contribution in [0.5, 0.6) is 0 Å². The van der Waals surface area contributed by atoms with Gasteiger partial charge in [-0.2, -0.15) is 0 Å². The fourth-order valence-electron chi connectivity index (χ4n) is 3.13. The number of sulfonamides is 1. The van der Waals surface area contributed by atoms with E-state index in [1.165, 1.54) is 4.31 Å². The van der Waals surface area contributed by atoms with Gasteiger partial charge in [0, 0.05) is 30.8 Å². The highest BCUT2D eigenvalue weighted by molar-refractivity contribution is 7.92. The summed E-state index contributed by atoms with van der Waals surface area (Å²) in [6.45, 7) is 4.58. The quantitative estimate of drug-likeness (QED) is 0.652. The lowest BCUT2D eigenvalue weighted by atomic mass is 10.1. The Labute approximate surface area is 178 Å². The molecule has 2 rings (SSSR count). The molecule has 29 heavy (non-hydrogen) atoms. The number of carbonyl (C=O) groups excluding carboxylic acids is 1. The zero-order valence-corrected chi connectivity index (χ0v) is 18.8. The number of rotatable bonds is 9. The Morgan fingerprint density at radius 1 is 1.17 bits per heavy atom. The van der Waals surface area contributed by atoms with Gasteiger partial charge in [0.1, 0.15) is 6.04 Å². The van der Waals surface area contributed by atoms with Crippen LogP contribution >= 0.6 is 11.6 Å². The van der Waals surface area contributed by atoms with Gasteiger partial charge in [-0.3, -0.25) is 9.10 Å². The summed E-state index contributed by atoms with van der Waals surface area (Å²) < 4.78 is 26.3. The minimum absolute atomic E-state index is 0.333. The summed E-state index contributed by atoms with van der Waals surface area (Å²) in [5.41, 5.74) is 2.19. The van der Waals surface area contributed by atoms with Crippen LogP contribution in [0.3, 0.4) is 0 Å². The lowest BCUT2D eigenvalue weighted by Crippen LogP contribution is -2.50. The lowest BCUT2D eigenvalue weighted by Gasteiger charge is -2.31. The van der Waals surface area contributed by atoms with E-state index >= 15 is 0 Å². The number of halogens is 1. The topological polar surface area (TPSA) is 69.7 Å². The second kappa shape index (κ2) is 9.98. The Hall–Kier alpha value is -2.25. The fraction of sp³-hybridized carbons (Fsp3) is 0.381.